The topological polar surface area (TPSA) is 80.6 Å². The Morgan fingerprint density at radius 2 is 1.89 bits per heavy atom. The highest BCUT2D eigenvalue weighted by molar-refractivity contribution is 6.06. The maximum Gasteiger partial charge on any atom is 0.267 e. The van der Waals surface area contributed by atoms with Gasteiger partial charge in [0.15, 0.2) is 0 Å². The fourth-order valence-corrected chi connectivity index (χ4v) is 3.58. The van der Waals surface area contributed by atoms with E-state index in [1.807, 2.05) is 13.8 Å². The molecule has 0 unspecified atom stereocenters. The number of hydrogen-bond acceptors (Lipinski definition) is 4. The van der Waals surface area contributed by atoms with Gasteiger partial charge in [0.05, 0.1) is 7.11 Å². The molecule has 2 aromatic rings. The molecule has 0 saturated heterocycles. The van der Waals surface area contributed by atoms with E-state index in [0.717, 1.165) is 30.5 Å². The van der Waals surface area contributed by atoms with Gasteiger partial charge in [0.2, 0.25) is 0 Å². The van der Waals surface area contributed by atoms with Crippen molar-refractivity contribution in [2.75, 3.05) is 12.4 Å². The van der Waals surface area contributed by atoms with Crippen LogP contribution in [-0.2, 0) is 19.4 Å². The minimum atomic E-state index is -0.589. The smallest absolute Gasteiger partial charge is 0.267 e. The lowest BCUT2D eigenvalue weighted by molar-refractivity contribution is 0.102. The van der Waals surface area contributed by atoms with Gasteiger partial charge in [-0.15, -0.1) is 0 Å². The highest BCUT2D eigenvalue weighted by Gasteiger charge is 2.27. The summed E-state index contributed by atoms with van der Waals surface area (Å²) in [4.78, 5) is 25.9. The molecule has 1 aliphatic carbocycles. The Bertz CT molecular complexity index is 898. The third-order valence-corrected chi connectivity index (χ3v) is 4.87. The van der Waals surface area contributed by atoms with Crippen LogP contribution in [0.15, 0.2) is 29.1 Å². The fraction of sp³-hybridized carbons (Fsp3) is 0.429. The number of benzene rings is 1. The zero-order valence-electron chi connectivity index (χ0n) is 16.0. The Morgan fingerprint density at radius 1 is 1.22 bits per heavy atom. The number of rotatable bonds is 5. The van der Waals surface area contributed by atoms with Crippen LogP contribution < -0.4 is 15.6 Å². The van der Waals surface area contributed by atoms with Gasteiger partial charge in [-0.25, -0.2) is 0 Å². The van der Waals surface area contributed by atoms with Gasteiger partial charge in [0.1, 0.15) is 17.1 Å². The molecule has 27 heavy (non-hydrogen) atoms. The molecule has 0 spiro atoms. The van der Waals surface area contributed by atoms with Gasteiger partial charge in [-0.2, -0.15) is 0 Å². The molecule has 1 aliphatic rings. The van der Waals surface area contributed by atoms with E-state index in [9.17, 15) is 14.7 Å². The molecule has 0 atom stereocenters. The van der Waals surface area contributed by atoms with Crippen LogP contribution in [0.1, 0.15) is 48.3 Å². The van der Waals surface area contributed by atoms with Crippen molar-refractivity contribution in [1.29, 1.82) is 0 Å². The lowest BCUT2D eigenvalue weighted by Crippen LogP contribution is -2.34. The lowest BCUT2D eigenvalue weighted by Gasteiger charge is -2.24. The Hall–Kier alpha value is -2.76. The maximum atomic E-state index is 13.1. The molecule has 6 nitrogen and oxygen atoms in total. The van der Waals surface area contributed by atoms with Gasteiger partial charge < -0.3 is 19.7 Å². The third kappa shape index (κ3) is 3.84. The van der Waals surface area contributed by atoms with Crippen LogP contribution in [0.2, 0.25) is 0 Å². The summed E-state index contributed by atoms with van der Waals surface area (Å²) in [5.41, 5.74) is 1.55. The minimum Gasteiger partial charge on any atom is -0.507 e. The number of hydrogen-bond donors (Lipinski definition) is 2. The van der Waals surface area contributed by atoms with Gasteiger partial charge in [0, 0.05) is 23.5 Å². The number of nitrogens with zero attached hydrogens (tertiary/aromatic N) is 1. The van der Waals surface area contributed by atoms with E-state index in [1.54, 1.807) is 35.9 Å². The highest BCUT2D eigenvalue weighted by atomic mass is 16.5. The van der Waals surface area contributed by atoms with Crippen molar-refractivity contribution in [1.82, 2.24) is 4.57 Å². The number of nitrogens with one attached hydrogen (secondary N) is 1. The number of aromatic nitrogens is 1. The zero-order chi connectivity index (χ0) is 19.6. The number of amides is 1. The first-order chi connectivity index (χ1) is 12.9. The van der Waals surface area contributed by atoms with E-state index in [4.69, 9.17) is 4.74 Å². The van der Waals surface area contributed by atoms with Crippen LogP contribution in [0.3, 0.4) is 0 Å². The summed E-state index contributed by atoms with van der Waals surface area (Å²) in [7, 11) is 1.57. The van der Waals surface area contributed by atoms with E-state index in [-0.39, 0.29) is 17.2 Å². The fourth-order valence-electron chi connectivity index (χ4n) is 3.58. The third-order valence-electron chi connectivity index (χ3n) is 4.87. The number of carbonyl (C=O) groups excluding carboxylic acids is 1. The summed E-state index contributed by atoms with van der Waals surface area (Å²) in [6.07, 6.45) is 3.37. The Morgan fingerprint density at radius 3 is 2.52 bits per heavy atom. The molecule has 6 heteroatoms. The van der Waals surface area contributed by atoms with E-state index in [2.05, 4.69) is 5.32 Å². The monoisotopic (exact) mass is 370 g/mol. The molecule has 1 aromatic heterocycles. The zero-order valence-corrected chi connectivity index (χ0v) is 16.0. The second-order valence-corrected chi connectivity index (χ2v) is 7.35. The highest BCUT2D eigenvalue weighted by Crippen LogP contribution is 2.31. The number of carbonyl (C=O) groups is 1. The van der Waals surface area contributed by atoms with Crippen molar-refractivity contribution >= 4 is 11.6 Å². The van der Waals surface area contributed by atoms with E-state index in [0.29, 0.717) is 24.4 Å². The van der Waals surface area contributed by atoms with Crippen molar-refractivity contribution in [2.24, 2.45) is 5.92 Å². The molecule has 0 fully saturated rings. The first kappa shape index (κ1) is 19.0. The van der Waals surface area contributed by atoms with Crippen LogP contribution in [0.4, 0.5) is 5.69 Å². The number of ether oxygens (including phenoxy) is 1. The van der Waals surface area contributed by atoms with Crippen molar-refractivity contribution < 1.29 is 14.6 Å². The molecule has 0 radical (unpaired) electrons. The summed E-state index contributed by atoms with van der Waals surface area (Å²) in [5, 5.41) is 13.4. The van der Waals surface area contributed by atoms with Gasteiger partial charge in [-0.3, -0.25) is 9.59 Å². The van der Waals surface area contributed by atoms with Crippen LogP contribution in [0, 0.1) is 5.92 Å². The minimum absolute atomic E-state index is 0.166. The van der Waals surface area contributed by atoms with Gasteiger partial charge in [-0.05, 0) is 55.9 Å². The van der Waals surface area contributed by atoms with Crippen molar-refractivity contribution in [2.45, 2.75) is 46.1 Å². The van der Waals surface area contributed by atoms with Crippen LogP contribution >= 0.6 is 0 Å². The van der Waals surface area contributed by atoms with E-state index < -0.39 is 11.5 Å². The number of methoxy groups -OCH3 is 1. The standard InChI is InChI=1S/C21H26N2O4/c1-13(2)12-23-17-7-5-4-6-16(17)19(24)18(21(23)26)20(25)22-14-8-10-15(27-3)11-9-14/h8-11,13,24H,4-7,12H2,1-3H3,(H,22,25). The molecule has 0 saturated carbocycles. The molecule has 144 valence electrons. The molecule has 1 aromatic carbocycles. The molecule has 2 N–H and O–H groups in total. The molecule has 0 aliphatic heterocycles. The molecule has 0 bridgehead atoms. The van der Waals surface area contributed by atoms with E-state index in [1.165, 1.54) is 0 Å². The Balaban J connectivity index is 2.02. The molecular formula is C21H26N2O4. The normalized spacial score (nSPS) is 13.3. The van der Waals surface area contributed by atoms with Crippen LogP contribution in [-0.4, -0.2) is 22.7 Å². The van der Waals surface area contributed by atoms with E-state index >= 15 is 0 Å². The Kier molecular flexibility index (Phi) is 5.54. The van der Waals surface area contributed by atoms with Crippen molar-refractivity contribution in [3.05, 3.63) is 51.4 Å². The summed E-state index contributed by atoms with van der Waals surface area (Å²) < 4.78 is 6.79. The van der Waals surface area contributed by atoms with Crippen LogP contribution in [0.25, 0.3) is 0 Å². The quantitative estimate of drug-likeness (QED) is 0.846. The molecular weight excluding hydrogens is 344 g/mol. The average molecular weight is 370 g/mol. The number of fused-ring (bicyclic) bond motifs is 1. The van der Waals surface area contributed by atoms with Crippen molar-refractivity contribution in [3.8, 4) is 11.5 Å². The predicted molar refractivity (Wildman–Crippen MR) is 105 cm³/mol. The van der Waals surface area contributed by atoms with Gasteiger partial charge in [0.25, 0.3) is 11.5 Å². The predicted octanol–water partition coefficient (Wildman–Crippen LogP) is 3.35. The first-order valence-corrected chi connectivity index (χ1v) is 9.35. The first-order valence-electron chi connectivity index (χ1n) is 9.35. The molecule has 1 heterocycles. The number of pyridine rings is 1. The van der Waals surface area contributed by atoms with Gasteiger partial charge in [-0.1, -0.05) is 13.8 Å². The number of anilines is 1. The van der Waals surface area contributed by atoms with Gasteiger partial charge >= 0.3 is 0 Å². The summed E-state index contributed by atoms with van der Waals surface area (Å²) in [6, 6.07) is 6.83. The average Bonchev–Trinajstić information content (AvgIpc) is 2.65. The molecule has 1 amide bonds. The second-order valence-electron chi connectivity index (χ2n) is 7.35. The second kappa shape index (κ2) is 7.86. The summed E-state index contributed by atoms with van der Waals surface area (Å²) >= 11 is 0. The SMILES string of the molecule is COc1ccc(NC(=O)c2c(O)c3c(n(CC(C)C)c2=O)CCCC3)cc1. The number of aromatic hydroxyl groups is 1. The van der Waals surface area contributed by atoms with Crippen molar-refractivity contribution in [3.63, 3.8) is 0 Å². The Labute approximate surface area is 158 Å². The largest absolute Gasteiger partial charge is 0.507 e. The van der Waals surface area contributed by atoms with Crippen LogP contribution in [0.5, 0.6) is 11.5 Å². The molecule has 3 rings (SSSR count). The lowest BCUT2D eigenvalue weighted by atomic mass is 9.92. The maximum absolute atomic E-state index is 13.1. The summed E-state index contributed by atoms with van der Waals surface area (Å²) in [5.74, 6) is 0.175. The summed E-state index contributed by atoms with van der Waals surface area (Å²) in [6.45, 7) is 4.60.